The lowest BCUT2D eigenvalue weighted by atomic mass is 9.89. The first kappa shape index (κ1) is 24.5. The molecule has 3 heterocycles. The lowest BCUT2D eigenvalue weighted by Crippen LogP contribution is -2.30. The normalized spacial score (nSPS) is 16.9. The van der Waals surface area contributed by atoms with Gasteiger partial charge in [-0.1, -0.05) is 6.07 Å². The number of benzene rings is 3. The minimum atomic E-state index is -1.79. The molecule has 0 aromatic heterocycles. The molecule has 6 rings (SSSR count). The first-order valence-electron chi connectivity index (χ1n) is 11.6. The minimum absolute atomic E-state index is 0.210. The zero-order valence-electron chi connectivity index (χ0n) is 20.1. The third-order valence-corrected chi connectivity index (χ3v) is 6.29. The first-order valence-corrected chi connectivity index (χ1v) is 11.6. The Balaban J connectivity index is 0.000000270. The van der Waals surface area contributed by atoms with Crippen LogP contribution in [0.4, 0.5) is 5.69 Å². The Hall–Kier alpha value is -4.22. The highest BCUT2D eigenvalue weighted by molar-refractivity contribution is 6.07. The number of fused-ring (bicyclic) bond motifs is 8. The van der Waals surface area contributed by atoms with Crippen LogP contribution < -0.4 is 23.8 Å². The van der Waals surface area contributed by atoms with Crippen molar-refractivity contribution in [3.63, 3.8) is 0 Å². The average molecular weight is 511 g/mol. The molecule has 0 spiro atoms. The zero-order chi connectivity index (χ0) is 26.3. The highest BCUT2D eigenvalue weighted by atomic mass is 16.7. The number of nitrogens with zero attached hydrogens (tertiary/aromatic N) is 1. The number of aliphatic carboxylic acids is 2. The summed E-state index contributed by atoms with van der Waals surface area (Å²) in [5.74, 6) is 0.288. The van der Waals surface area contributed by atoms with Crippen molar-refractivity contribution in [3.8, 4) is 34.1 Å². The maximum atomic E-state index is 9.72. The Kier molecular flexibility index (Phi) is 6.40. The molecule has 3 aromatic carbocycles. The Bertz CT molecular complexity index is 1390. The molecule has 194 valence electrons. The molecule has 0 radical (unpaired) electrons. The van der Waals surface area contributed by atoms with Crippen LogP contribution >= 0.6 is 0 Å². The third kappa shape index (κ3) is 4.32. The molecule has 0 saturated carbocycles. The zero-order valence-corrected chi connectivity index (χ0v) is 20.1. The summed E-state index contributed by atoms with van der Waals surface area (Å²) in [5.41, 5.74) is 4.44. The van der Waals surface area contributed by atoms with Crippen molar-refractivity contribution in [2.45, 2.75) is 25.7 Å². The number of aliphatic hydroxyl groups is 1. The van der Waals surface area contributed by atoms with Gasteiger partial charge in [0.1, 0.15) is 0 Å². The van der Waals surface area contributed by atoms with Crippen LogP contribution in [-0.4, -0.2) is 60.6 Å². The largest absolute Gasteiger partial charge is 0.481 e. The summed E-state index contributed by atoms with van der Waals surface area (Å²) >= 11 is 0. The van der Waals surface area contributed by atoms with Gasteiger partial charge in [-0.3, -0.25) is 4.79 Å². The van der Waals surface area contributed by atoms with E-state index in [1.54, 1.807) is 0 Å². The maximum Gasteiger partial charge on any atom is 0.333 e. The summed E-state index contributed by atoms with van der Waals surface area (Å²) in [6, 6.07) is 12.4. The molecular formula is C26H25NO10. The van der Waals surface area contributed by atoms with Crippen molar-refractivity contribution >= 4 is 28.4 Å². The Morgan fingerprint density at radius 1 is 0.973 bits per heavy atom. The number of carboxylic acid groups (broad SMARTS) is 2. The average Bonchev–Trinajstić information content (AvgIpc) is 3.54. The standard InChI is InChI=1S/C22H19NO5.C4H6O5/c1-3-24-22-16-9-19-18(26-10-27-19)8-15(16)13-4-5-14-12(20(13)23(22)2)6-7-17-21(14)28-11-25-17;5-2(4(8)9)1-3(6)7/h4-9,22H,3,10-11H2,1-2H3;2,5H,1H2,(H,6,7)(H,8,9). The second-order valence-electron chi connectivity index (χ2n) is 8.52. The molecule has 2 atom stereocenters. The fourth-order valence-electron chi connectivity index (χ4n) is 4.69. The smallest absolute Gasteiger partial charge is 0.333 e. The molecule has 0 saturated heterocycles. The van der Waals surface area contributed by atoms with Gasteiger partial charge in [0.25, 0.3) is 0 Å². The number of anilines is 1. The molecule has 0 amide bonds. The number of hydrogen-bond acceptors (Lipinski definition) is 9. The molecular weight excluding hydrogens is 486 g/mol. The second kappa shape index (κ2) is 9.68. The first-order chi connectivity index (χ1) is 17.8. The van der Waals surface area contributed by atoms with E-state index in [0.29, 0.717) is 6.61 Å². The topological polar surface area (TPSA) is 144 Å². The molecule has 11 heteroatoms. The van der Waals surface area contributed by atoms with Gasteiger partial charge < -0.3 is 43.9 Å². The second-order valence-corrected chi connectivity index (χ2v) is 8.52. The van der Waals surface area contributed by atoms with Gasteiger partial charge >= 0.3 is 11.9 Å². The molecule has 3 aromatic rings. The van der Waals surface area contributed by atoms with Crippen LogP contribution in [0.5, 0.6) is 23.0 Å². The molecule has 0 fully saturated rings. The lowest BCUT2D eigenvalue weighted by molar-refractivity contribution is -0.152. The van der Waals surface area contributed by atoms with Crippen LogP contribution in [0.15, 0.2) is 36.4 Å². The van der Waals surface area contributed by atoms with Gasteiger partial charge in [0, 0.05) is 35.6 Å². The van der Waals surface area contributed by atoms with E-state index in [1.165, 1.54) is 0 Å². The van der Waals surface area contributed by atoms with E-state index in [2.05, 4.69) is 36.2 Å². The highest BCUT2D eigenvalue weighted by Crippen LogP contribution is 2.53. The van der Waals surface area contributed by atoms with E-state index in [1.807, 2.05) is 19.1 Å². The van der Waals surface area contributed by atoms with Crippen molar-refractivity contribution in [3.05, 3.63) is 42.0 Å². The monoisotopic (exact) mass is 511 g/mol. The van der Waals surface area contributed by atoms with Gasteiger partial charge in [0.05, 0.1) is 12.1 Å². The summed E-state index contributed by atoms with van der Waals surface area (Å²) in [5, 5.41) is 26.3. The van der Waals surface area contributed by atoms with Crippen LogP contribution in [-0.2, 0) is 14.3 Å². The van der Waals surface area contributed by atoms with Crippen LogP contribution in [0.2, 0.25) is 0 Å². The third-order valence-electron chi connectivity index (χ3n) is 6.29. The number of ether oxygens (including phenoxy) is 5. The quantitative estimate of drug-likeness (QED) is 0.464. The fraction of sp³-hybridized carbons (Fsp3) is 0.308. The lowest BCUT2D eigenvalue weighted by Gasteiger charge is -2.38. The van der Waals surface area contributed by atoms with Gasteiger partial charge in [0.2, 0.25) is 13.6 Å². The molecule has 11 nitrogen and oxygen atoms in total. The number of hydrogen-bond donors (Lipinski definition) is 3. The van der Waals surface area contributed by atoms with Gasteiger partial charge in [0.15, 0.2) is 35.3 Å². The molecule has 3 aliphatic heterocycles. The summed E-state index contributed by atoms with van der Waals surface area (Å²) < 4.78 is 28.7. The molecule has 3 aliphatic rings. The number of aliphatic hydroxyl groups excluding tert-OH is 1. The maximum absolute atomic E-state index is 9.72. The van der Waals surface area contributed by atoms with Gasteiger partial charge in [-0.2, -0.15) is 0 Å². The number of rotatable bonds is 5. The number of carboxylic acids is 2. The van der Waals surface area contributed by atoms with Crippen LogP contribution in [0, 0.1) is 0 Å². The van der Waals surface area contributed by atoms with E-state index in [0.717, 1.165) is 56.1 Å². The van der Waals surface area contributed by atoms with E-state index >= 15 is 0 Å². The van der Waals surface area contributed by atoms with E-state index in [-0.39, 0.29) is 19.8 Å². The van der Waals surface area contributed by atoms with Crippen LogP contribution in [0.1, 0.15) is 25.1 Å². The number of carbonyl (C=O) groups is 2. The van der Waals surface area contributed by atoms with Crippen LogP contribution in [0.3, 0.4) is 0 Å². The Morgan fingerprint density at radius 3 is 2.32 bits per heavy atom. The highest BCUT2D eigenvalue weighted by Gasteiger charge is 2.34. The SMILES string of the molecule is CCOC1c2cc3c(cc2-c2ccc4c5c(ccc4c2N1C)OCO5)OCO3.O=C(O)CC(O)C(=O)O. The van der Waals surface area contributed by atoms with E-state index in [4.69, 9.17) is 39.0 Å². The summed E-state index contributed by atoms with van der Waals surface area (Å²) in [6.07, 6.45) is -2.75. The fourth-order valence-corrected chi connectivity index (χ4v) is 4.69. The van der Waals surface area contributed by atoms with E-state index in [9.17, 15) is 9.59 Å². The van der Waals surface area contributed by atoms with Crippen molar-refractivity contribution in [2.24, 2.45) is 0 Å². The van der Waals surface area contributed by atoms with Crippen molar-refractivity contribution in [2.75, 3.05) is 32.1 Å². The van der Waals surface area contributed by atoms with Crippen molar-refractivity contribution < 1.29 is 48.6 Å². The minimum Gasteiger partial charge on any atom is -0.481 e. The van der Waals surface area contributed by atoms with Crippen LogP contribution in [0.25, 0.3) is 21.9 Å². The van der Waals surface area contributed by atoms with Crippen molar-refractivity contribution in [1.29, 1.82) is 0 Å². The predicted octanol–water partition coefficient (Wildman–Crippen LogP) is 3.36. The summed E-state index contributed by atoms with van der Waals surface area (Å²) in [7, 11) is 2.07. The van der Waals surface area contributed by atoms with Gasteiger partial charge in [-0.15, -0.1) is 0 Å². The molecule has 2 unspecified atom stereocenters. The van der Waals surface area contributed by atoms with Gasteiger partial charge in [-0.25, -0.2) is 4.79 Å². The summed E-state index contributed by atoms with van der Waals surface area (Å²) in [6.45, 7) is 3.13. The Morgan fingerprint density at radius 2 is 1.65 bits per heavy atom. The molecule has 37 heavy (non-hydrogen) atoms. The molecule has 0 aliphatic carbocycles. The van der Waals surface area contributed by atoms with E-state index < -0.39 is 24.5 Å². The van der Waals surface area contributed by atoms with Crippen molar-refractivity contribution in [1.82, 2.24) is 0 Å². The summed E-state index contributed by atoms with van der Waals surface area (Å²) in [4.78, 5) is 21.6. The molecule has 3 N–H and O–H groups in total. The predicted molar refractivity (Wildman–Crippen MR) is 130 cm³/mol. The molecule has 0 bridgehead atoms. The Labute approximate surface area is 211 Å². The van der Waals surface area contributed by atoms with Gasteiger partial charge in [-0.05, 0) is 42.8 Å².